The molecule has 4 heterocycles. The summed E-state index contributed by atoms with van der Waals surface area (Å²) >= 11 is 0. The molecule has 5 rings (SSSR count). The number of aliphatic hydroxyl groups is 9. The van der Waals surface area contributed by atoms with E-state index in [0.717, 1.165) is 20.3 Å². The van der Waals surface area contributed by atoms with Gasteiger partial charge in [-0.1, -0.05) is 13.0 Å². The molecule has 19 atom stereocenters. The Bertz CT molecular complexity index is 1450. The molecule has 2 saturated heterocycles. The third-order valence-corrected chi connectivity index (χ3v) is 11.0. The Kier molecular flexibility index (Phi) is 14.1. The molecule has 0 amide bonds. The fourth-order valence-electron chi connectivity index (χ4n) is 7.67. The number of allylic oxidation sites excluding steroid dienone is 1. The van der Waals surface area contributed by atoms with Gasteiger partial charge in [-0.25, -0.2) is 9.59 Å². The number of ether oxygens (including phenoxy) is 8. The van der Waals surface area contributed by atoms with Gasteiger partial charge in [0.1, 0.15) is 61.0 Å². The number of carbonyl (C=O) groups is 3. The summed E-state index contributed by atoms with van der Waals surface area (Å²) in [7, 11) is 1.13. The van der Waals surface area contributed by atoms with Crippen LogP contribution in [0, 0.1) is 29.6 Å². The molecule has 55 heavy (non-hydrogen) atoms. The zero-order valence-corrected chi connectivity index (χ0v) is 30.3. The van der Waals surface area contributed by atoms with Gasteiger partial charge in [0.25, 0.3) is 0 Å². The van der Waals surface area contributed by atoms with Gasteiger partial charge in [-0.2, -0.15) is 0 Å². The first-order valence-corrected chi connectivity index (χ1v) is 17.8. The monoisotopic (exact) mass is 790 g/mol. The smallest absolute Gasteiger partial charge is 0.373 e. The summed E-state index contributed by atoms with van der Waals surface area (Å²) in [6.45, 7) is 5.21. The summed E-state index contributed by atoms with van der Waals surface area (Å²) in [5, 5.41) is 91.9. The lowest BCUT2D eigenvalue weighted by atomic mass is 9.79. The molecule has 0 aromatic rings. The minimum absolute atomic E-state index is 0.124. The van der Waals surface area contributed by atoms with E-state index in [2.05, 4.69) is 6.58 Å². The number of methoxy groups -OCH3 is 1. The fraction of sp³-hybridized carbons (Fsp3) is 0.743. The number of hydrogen-bond acceptors (Lipinski definition) is 20. The molecule has 3 fully saturated rings. The van der Waals surface area contributed by atoms with Crippen molar-refractivity contribution >= 4 is 17.7 Å². The van der Waals surface area contributed by atoms with Gasteiger partial charge in [-0.3, -0.25) is 4.79 Å². The van der Waals surface area contributed by atoms with E-state index in [4.69, 9.17) is 37.9 Å². The van der Waals surface area contributed by atoms with Crippen molar-refractivity contribution in [3.8, 4) is 0 Å². The van der Waals surface area contributed by atoms with Gasteiger partial charge in [-0.15, -0.1) is 6.58 Å². The van der Waals surface area contributed by atoms with Gasteiger partial charge in [-0.05, 0) is 31.8 Å². The second-order valence-corrected chi connectivity index (χ2v) is 14.3. The summed E-state index contributed by atoms with van der Waals surface area (Å²) in [5.74, 6) is -6.48. The summed E-state index contributed by atoms with van der Waals surface area (Å²) < 4.78 is 45.1. The van der Waals surface area contributed by atoms with Gasteiger partial charge in [0.15, 0.2) is 18.4 Å². The zero-order chi connectivity index (χ0) is 40.5. The Hall–Kier alpha value is -3.09. The molecule has 0 radical (unpaired) electrons. The van der Waals surface area contributed by atoms with E-state index < -0.39 is 147 Å². The molecule has 0 spiro atoms. The minimum atomic E-state index is -1.79. The van der Waals surface area contributed by atoms with Crippen LogP contribution < -0.4 is 0 Å². The molecule has 5 aliphatic rings. The number of hydrogen-bond donors (Lipinski definition) is 9. The second-order valence-electron chi connectivity index (χ2n) is 14.3. The van der Waals surface area contributed by atoms with E-state index in [9.17, 15) is 60.3 Å². The van der Waals surface area contributed by atoms with E-state index >= 15 is 0 Å². The van der Waals surface area contributed by atoms with Crippen molar-refractivity contribution < 1.29 is 98.2 Å². The topological polar surface area (TPSA) is 307 Å². The number of esters is 2. The molecule has 20 heteroatoms. The number of fused-ring (bicyclic) bond motifs is 1. The molecule has 19 unspecified atom stereocenters. The standard InChI is InChI=1S/C35H50O20/c1-5-15-16(8-18(39)13(3)38)17(11-49-32(15)54-34-28(44)26(42)24(40)21(9-36)52-34)30(46)50-19-6-14-7-20(31(47)48-4)51-33(23(14)12(19)2)55-35-29(45)27(43)25(41)22(10-37)53-35/h5,7,11-12,14-16,18-19,21-29,32-37,39-45H,1,6,8-10H2,2-4H3. The third-order valence-electron chi connectivity index (χ3n) is 11.0. The van der Waals surface area contributed by atoms with Crippen LogP contribution in [-0.4, -0.2) is 170 Å². The molecule has 1 aliphatic carbocycles. The van der Waals surface area contributed by atoms with Crippen molar-refractivity contribution in [2.45, 2.75) is 113 Å². The predicted molar refractivity (Wildman–Crippen MR) is 177 cm³/mol. The van der Waals surface area contributed by atoms with Crippen LogP contribution in [0.3, 0.4) is 0 Å². The largest absolute Gasteiger partial charge is 0.471 e. The first-order valence-electron chi connectivity index (χ1n) is 17.8. The lowest BCUT2D eigenvalue weighted by molar-refractivity contribution is -0.344. The number of carbonyl (C=O) groups excluding carboxylic acids is 3. The van der Waals surface area contributed by atoms with Crippen molar-refractivity contribution in [1.82, 2.24) is 0 Å². The maximum atomic E-state index is 14.0. The van der Waals surface area contributed by atoms with E-state index in [0.29, 0.717) is 0 Å². The molecule has 20 nitrogen and oxygen atoms in total. The maximum Gasteiger partial charge on any atom is 0.373 e. The van der Waals surface area contributed by atoms with Gasteiger partial charge >= 0.3 is 11.9 Å². The van der Waals surface area contributed by atoms with Crippen LogP contribution in [0.25, 0.3) is 0 Å². The molecular formula is C35H50O20. The van der Waals surface area contributed by atoms with Gasteiger partial charge in [0.2, 0.25) is 18.3 Å². The van der Waals surface area contributed by atoms with Crippen LogP contribution in [0.1, 0.15) is 26.7 Å². The summed E-state index contributed by atoms with van der Waals surface area (Å²) in [5.41, 5.74) is -0.128. The fourth-order valence-corrected chi connectivity index (χ4v) is 7.67. The average molecular weight is 791 g/mol. The van der Waals surface area contributed by atoms with Gasteiger partial charge in [0.05, 0.1) is 32.2 Å². The summed E-state index contributed by atoms with van der Waals surface area (Å²) in [6, 6.07) is 0. The van der Waals surface area contributed by atoms with Crippen LogP contribution in [0.5, 0.6) is 0 Å². The Morgan fingerprint density at radius 1 is 0.873 bits per heavy atom. The molecule has 0 aromatic heterocycles. The highest BCUT2D eigenvalue weighted by Gasteiger charge is 2.54. The van der Waals surface area contributed by atoms with Crippen molar-refractivity contribution in [3.63, 3.8) is 0 Å². The summed E-state index contributed by atoms with van der Waals surface area (Å²) in [6.07, 6.45) is -17.8. The van der Waals surface area contributed by atoms with Crippen LogP contribution >= 0.6 is 0 Å². The predicted octanol–water partition coefficient (Wildman–Crippen LogP) is -3.78. The zero-order valence-electron chi connectivity index (χ0n) is 30.3. The SMILES string of the molecule is C=CC1C(OC2OC(CO)C(O)C(O)C2O)OC=C(C(=O)OC2CC3C=C(C(=O)OC)OC(OC4OC(CO)C(O)C(O)C4O)C3C2C)C1CC(O)C(C)=O. The Morgan fingerprint density at radius 3 is 1.95 bits per heavy atom. The average Bonchev–Trinajstić information content (AvgIpc) is 3.48. The third kappa shape index (κ3) is 8.76. The highest BCUT2D eigenvalue weighted by atomic mass is 16.8. The number of rotatable bonds is 13. The molecular weight excluding hydrogens is 740 g/mol. The molecule has 0 aromatic carbocycles. The Morgan fingerprint density at radius 2 is 1.44 bits per heavy atom. The molecule has 1 saturated carbocycles. The number of aliphatic hydroxyl groups excluding tert-OH is 9. The quantitative estimate of drug-likeness (QED) is 0.0639. The van der Waals surface area contributed by atoms with E-state index in [-0.39, 0.29) is 24.2 Å². The Balaban J connectivity index is 1.37. The van der Waals surface area contributed by atoms with Crippen molar-refractivity contribution in [2.75, 3.05) is 20.3 Å². The van der Waals surface area contributed by atoms with E-state index in [1.807, 2.05) is 0 Å². The second kappa shape index (κ2) is 18.0. The van der Waals surface area contributed by atoms with Crippen LogP contribution in [0.4, 0.5) is 0 Å². The lowest BCUT2D eigenvalue weighted by Gasteiger charge is -2.43. The van der Waals surface area contributed by atoms with Gasteiger partial charge in [0, 0.05) is 23.7 Å². The number of Topliss-reactive ketones (excluding diaryl/α,β-unsaturated/α-hetero) is 1. The van der Waals surface area contributed by atoms with Gasteiger partial charge < -0.3 is 83.9 Å². The molecule has 9 N–H and O–H groups in total. The van der Waals surface area contributed by atoms with E-state index in [1.54, 1.807) is 6.92 Å². The van der Waals surface area contributed by atoms with Crippen LogP contribution in [0.2, 0.25) is 0 Å². The Labute approximate surface area is 315 Å². The first-order chi connectivity index (χ1) is 26.1. The lowest BCUT2D eigenvalue weighted by Crippen LogP contribution is -2.60. The van der Waals surface area contributed by atoms with Crippen molar-refractivity contribution in [1.29, 1.82) is 0 Å². The highest BCUT2D eigenvalue weighted by Crippen LogP contribution is 2.48. The summed E-state index contributed by atoms with van der Waals surface area (Å²) in [4.78, 5) is 38.7. The van der Waals surface area contributed by atoms with E-state index in [1.165, 1.54) is 12.2 Å². The van der Waals surface area contributed by atoms with Crippen molar-refractivity contribution in [2.24, 2.45) is 29.6 Å². The number of ketones is 1. The van der Waals surface area contributed by atoms with Crippen molar-refractivity contribution in [3.05, 3.63) is 36.3 Å². The normalized spacial score (nSPS) is 43.4. The molecule has 310 valence electrons. The maximum absolute atomic E-state index is 14.0. The highest BCUT2D eigenvalue weighted by molar-refractivity contribution is 5.89. The minimum Gasteiger partial charge on any atom is -0.471 e. The molecule has 0 bridgehead atoms. The van der Waals surface area contributed by atoms with Crippen LogP contribution in [-0.2, 0) is 52.3 Å². The first kappa shape index (κ1) is 43.0. The molecule has 4 aliphatic heterocycles. The van der Waals surface area contributed by atoms with Crippen LogP contribution in [0.15, 0.2) is 36.3 Å².